The zero-order valence-corrected chi connectivity index (χ0v) is 19.7. The molecule has 6 nitrogen and oxygen atoms in total. The number of hydrogen-bond donors (Lipinski definition) is 1. The lowest BCUT2D eigenvalue weighted by Crippen LogP contribution is -2.37. The van der Waals surface area contributed by atoms with Crippen LogP contribution in [0.25, 0.3) is 5.00 Å². The minimum atomic E-state index is -4.90. The summed E-state index contributed by atoms with van der Waals surface area (Å²) >= 11 is 7.72. The third-order valence-corrected chi connectivity index (χ3v) is 7.00. The van der Waals surface area contributed by atoms with Crippen LogP contribution in [0.1, 0.15) is 52.1 Å². The molecule has 2 aromatic heterocycles. The molecule has 0 fully saturated rings. The van der Waals surface area contributed by atoms with E-state index in [4.69, 9.17) is 16.6 Å². The van der Waals surface area contributed by atoms with Crippen molar-refractivity contribution in [2.45, 2.75) is 45.8 Å². The largest absolute Gasteiger partial charge is 0.471 e. The normalized spacial score (nSPS) is 15.5. The highest BCUT2D eigenvalue weighted by atomic mass is 35.5. The van der Waals surface area contributed by atoms with Crippen molar-refractivity contribution in [3.8, 4) is 5.00 Å². The average Bonchev–Trinajstić information content (AvgIpc) is 3.22. The van der Waals surface area contributed by atoms with Gasteiger partial charge in [-0.3, -0.25) is 14.4 Å². The Balaban J connectivity index is 1.73. The molecular weight excluding hydrogens is 475 g/mol. The van der Waals surface area contributed by atoms with Gasteiger partial charge in [0.25, 0.3) is 0 Å². The zero-order chi connectivity index (χ0) is 23.9. The van der Waals surface area contributed by atoms with Gasteiger partial charge in [-0.1, -0.05) is 23.7 Å². The van der Waals surface area contributed by atoms with Crippen LogP contribution in [0.2, 0.25) is 5.02 Å². The fourth-order valence-corrected chi connectivity index (χ4v) is 5.13. The van der Waals surface area contributed by atoms with E-state index in [2.05, 4.69) is 10.2 Å². The highest BCUT2D eigenvalue weighted by Crippen LogP contribution is 2.39. The summed E-state index contributed by atoms with van der Waals surface area (Å²) in [4.78, 5) is 17.3. The Labute approximate surface area is 197 Å². The number of rotatable bonds is 5. The fraction of sp³-hybridized carbons (Fsp3) is 0.364. The topological polar surface area (TPSA) is 72.2 Å². The van der Waals surface area contributed by atoms with Crippen molar-refractivity contribution in [2.75, 3.05) is 6.54 Å². The second kappa shape index (κ2) is 8.90. The molecule has 11 heteroatoms. The zero-order valence-electron chi connectivity index (χ0n) is 18.1. The smallest absolute Gasteiger partial charge is 0.348 e. The maximum atomic E-state index is 12.5. The van der Waals surface area contributed by atoms with Crippen LogP contribution in [0.3, 0.4) is 0 Å². The first-order valence-corrected chi connectivity index (χ1v) is 11.5. The number of nitrogens with zero attached hydrogens (tertiary/aromatic N) is 4. The Morgan fingerprint density at radius 1 is 1.18 bits per heavy atom. The number of benzene rings is 1. The number of fused-ring (bicyclic) bond motifs is 3. The molecule has 3 heterocycles. The van der Waals surface area contributed by atoms with Crippen LogP contribution in [-0.2, 0) is 4.79 Å². The molecule has 0 bridgehead atoms. The first kappa shape index (κ1) is 23.4. The number of thiophene rings is 1. The van der Waals surface area contributed by atoms with Gasteiger partial charge in [0.2, 0.25) is 0 Å². The van der Waals surface area contributed by atoms with Crippen LogP contribution in [0.15, 0.2) is 29.3 Å². The molecule has 0 spiro atoms. The molecule has 33 heavy (non-hydrogen) atoms. The Bertz CT molecular complexity index is 1230. The highest BCUT2D eigenvalue weighted by molar-refractivity contribution is 7.15. The quantitative estimate of drug-likeness (QED) is 0.491. The molecule has 4 rings (SSSR count). The summed E-state index contributed by atoms with van der Waals surface area (Å²) in [5.74, 6) is -0.613. The summed E-state index contributed by atoms with van der Waals surface area (Å²) in [7, 11) is 0. The number of amides is 1. The summed E-state index contributed by atoms with van der Waals surface area (Å²) in [6, 6.07) is 6.95. The monoisotopic (exact) mass is 495 g/mol. The third-order valence-electron chi connectivity index (χ3n) is 5.55. The molecule has 1 aromatic carbocycles. The lowest BCUT2D eigenvalue weighted by Gasteiger charge is -2.13. The maximum Gasteiger partial charge on any atom is 0.471 e. The molecule has 0 aliphatic carbocycles. The molecule has 0 saturated carbocycles. The maximum absolute atomic E-state index is 12.5. The number of carbonyl (C=O) groups is 1. The van der Waals surface area contributed by atoms with Gasteiger partial charge in [0.05, 0.1) is 5.71 Å². The van der Waals surface area contributed by atoms with Gasteiger partial charge in [-0.05, 0) is 51.3 Å². The summed E-state index contributed by atoms with van der Waals surface area (Å²) in [6.45, 7) is 5.84. The Morgan fingerprint density at radius 2 is 1.88 bits per heavy atom. The summed E-state index contributed by atoms with van der Waals surface area (Å²) in [6.07, 6.45) is -4.22. The van der Waals surface area contributed by atoms with Gasteiger partial charge in [-0.25, -0.2) is 0 Å². The van der Waals surface area contributed by atoms with Crippen LogP contribution in [0.4, 0.5) is 13.2 Å². The molecule has 3 aromatic rings. The number of aromatic nitrogens is 3. The van der Waals surface area contributed by atoms with E-state index in [1.807, 2.05) is 42.8 Å². The number of alkyl halides is 3. The van der Waals surface area contributed by atoms with Crippen molar-refractivity contribution >= 4 is 34.6 Å². The van der Waals surface area contributed by atoms with E-state index in [0.717, 1.165) is 32.3 Å². The predicted octanol–water partition coefficient (Wildman–Crippen LogP) is 5.26. The minimum absolute atomic E-state index is 0.117. The van der Waals surface area contributed by atoms with E-state index in [1.54, 1.807) is 23.5 Å². The molecule has 1 N–H and O–H groups in total. The van der Waals surface area contributed by atoms with E-state index in [9.17, 15) is 18.0 Å². The molecule has 174 valence electrons. The molecule has 1 amide bonds. The second-order valence-electron chi connectivity index (χ2n) is 7.80. The Hall–Kier alpha value is -2.72. The lowest BCUT2D eigenvalue weighted by atomic mass is 9.99. The number of hydrogen-bond acceptors (Lipinski definition) is 5. The standard InChI is InChI=1S/C22H21ClF3N5OS/c1-11-12(2)33-20-17(11)18(14-6-8-15(23)9-7-14)28-16(19-30-29-13(3)31(19)20)5-4-10-27-21(32)22(24,25)26/h6-9,16H,4-5,10H2,1-3H3,(H,27,32). The second-order valence-corrected chi connectivity index (χ2v) is 9.44. The van der Waals surface area contributed by atoms with Gasteiger partial charge in [0.1, 0.15) is 16.9 Å². The number of nitrogens with one attached hydrogen (secondary N) is 1. The average molecular weight is 496 g/mol. The van der Waals surface area contributed by atoms with Crippen LogP contribution in [0, 0.1) is 20.8 Å². The van der Waals surface area contributed by atoms with Gasteiger partial charge in [0, 0.05) is 27.6 Å². The predicted molar refractivity (Wildman–Crippen MR) is 122 cm³/mol. The van der Waals surface area contributed by atoms with E-state index in [0.29, 0.717) is 29.5 Å². The van der Waals surface area contributed by atoms with Gasteiger partial charge in [0.15, 0.2) is 5.82 Å². The van der Waals surface area contributed by atoms with E-state index in [-0.39, 0.29) is 6.54 Å². The summed E-state index contributed by atoms with van der Waals surface area (Å²) < 4.78 is 39.4. The SMILES string of the molecule is Cc1sc2c(c1C)C(c1ccc(Cl)cc1)=NC(CCCNC(=O)C(F)(F)F)c1nnc(C)n1-2. The molecule has 1 aliphatic heterocycles. The minimum Gasteiger partial charge on any atom is -0.348 e. The fourth-order valence-electron chi connectivity index (χ4n) is 3.79. The Kier molecular flexibility index (Phi) is 6.32. The van der Waals surface area contributed by atoms with Crippen molar-refractivity contribution in [3.05, 3.63) is 62.5 Å². The molecule has 1 atom stereocenters. The van der Waals surface area contributed by atoms with E-state index < -0.39 is 18.1 Å². The van der Waals surface area contributed by atoms with Crippen LogP contribution in [0.5, 0.6) is 0 Å². The van der Waals surface area contributed by atoms with Crippen molar-refractivity contribution in [1.29, 1.82) is 0 Å². The van der Waals surface area contributed by atoms with Gasteiger partial charge < -0.3 is 5.32 Å². The van der Waals surface area contributed by atoms with Crippen molar-refractivity contribution < 1.29 is 18.0 Å². The number of aliphatic imine (C=N–C) groups is 1. The van der Waals surface area contributed by atoms with Crippen molar-refractivity contribution in [3.63, 3.8) is 0 Å². The molecule has 0 radical (unpaired) electrons. The van der Waals surface area contributed by atoms with Crippen LogP contribution >= 0.6 is 22.9 Å². The molecule has 1 aliphatic rings. The van der Waals surface area contributed by atoms with Crippen molar-refractivity contribution in [1.82, 2.24) is 20.1 Å². The first-order chi connectivity index (χ1) is 15.6. The molecule has 1 unspecified atom stereocenters. The third kappa shape index (κ3) is 4.54. The van der Waals surface area contributed by atoms with Crippen LogP contribution < -0.4 is 5.32 Å². The van der Waals surface area contributed by atoms with Crippen molar-refractivity contribution in [2.24, 2.45) is 4.99 Å². The van der Waals surface area contributed by atoms with Gasteiger partial charge in [-0.2, -0.15) is 13.2 Å². The lowest BCUT2D eigenvalue weighted by molar-refractivity contribution is -0.173. The molecule has 0 saturated heterocycles. The van der Waals surface area contributed by atoms with Gasteiger partial charge in [-0.15, -0.1) is 21.5 Å². The van der Waals surface area contributed by atoms with Crippen LogP contribution in [-0.4, -0.2) is 39.1 Å². The number of aryl methyl sites for hydroxylation is 2. The number of carbonyl (C=O) groups excluding carboxylic acids is 1. The summed E-state index contributed by atoms with van der Waals surface area (Å²) in [5.41, 5.74) is 3.74. The highest BCUT2D eigenvalue weighted by Gasteiger charge is 2.38. The Morgan fingerprint density at radius 3 is 2.55 bits per heavy atom. The van der Waals surface area contributed by atoms with E-state index in [1.165, 1.54) is 0 Å². The van der Waals surface area contributed by atoms with Gasteiger partial charge >= 0.3 is 12.1 Å². The first-order valence-electron chi connectivity index (χ1n) is 10.3. The molecular formula is C22H21ClF3N5OS. The summed E-state index contributed by atoms with van der Waals surface area (Å²) in [5, 5.41) is 12.1. The van der Waals surface area contributed by atoms with E-state index >= 15 is 0 Å². The number of halogens is 4.